The van der Waals surface area contributed by atoms with E-state index in [0.29, 0.717) is 36.3 Å². The van der Waals surface area contributed by atoms with Crippen molar-refractivity contribution >= 4 is 34.7 Å². The number of hydrogen-bond donors (Lipinski definition) is 2. The van der Waals surface area contributed by atoms with Gasteiger partial charge in [-0.15, -0.1) is 0 Å². The Morgan fingerprint density at radius 2 is 1.59 bits per heavy atom. The van der Waals surface area contributed by atoms with Gasteiger partial charge in [0.2, 0.25) is 0 Å². The van der Waals surface area contributed by atoms with Gasteiger partial charge in [0, 0.05) is 50.4 Å². The molecule has 196 valence electrons. The largest absolute Gasteiger partial charge is 0.366 e. The molecule has 0 saturated heterocycles. The number of hydrogen-bond acceptors (Lipinski definition) is 5. The smallest absolute Gasteiger partial charge is 0.258 e. The standard InChI is InChI=1S/C32H31N5O2/c1-36(2)30-19-20-37(29-10-6-5-9-28(29)35-30)32(39)24-15-17-25(18-16-24)34-31(38)27-8-4-3-7-26(27)23-13-11-22(21-33)12-14-23/h3-18H,19-21,33H2,1-2H3,(H,34,38). The minimum atomic E-state index is -0.220. The van der Waals surface area contributed by atoms with Crippen LogP contribution in [0.25, 0.3) is 11.1 Å². The summed E-state index contributed by atoms with van der Waals surface area (Å²) in [4.78, 5) is 35.3. The summed E-state index contributed by atoms with van der Waals surface area (Å²) >= 11 is 0. The predicted octanol–water partition coefficient (Wildman–Crippen LogP) is 5.71. The van der Waals surface area contributed by atoms with E-state index in [2.05, 4.69) is 5.32 Å². The quantitative estimate of drug-likeness (QED) is 0.355. The van der Waals surface area contributed by atoms with Gasteiger partial charge in [-0.2, -0.15) is 0 Å². The van der Waals surface area contributed by atoms with Crippen molar-refractivity contribution in [3.63, 3.8) is 0 Å². The van der Waals surface area contributed by atoms with Crippen molar-refractivity contribution in [2.24, 2.45) is 10.7 Å². The summed E-state index contributed by atoms with van der Waals surface area (Å²) in [5, 5.41) is 2.97. The highest BCUT2D eigenvalue weighted by Gasteiger charge is 2.24. The number of amidine groups is 1. The lowest BCUT2D eigenvalue weighted by Crippen LogP contribution is -2.33. The van der Waals surface area contributed by atoms with Gasteiger partial charge in [-0.05, 0) is 59.2 Å². The van der Waals surface area contributed by atoms with Gasteiger partial charge in [0.1, 0.15) is 5.84 Å². The number of nitrogens with two attached hydrogens (primary N) is 1. The lowest BCUT2D eigenvalue weighted by molar-refractivity contribution is 0.0986. The molecule has 0 atom stereocenters. The van der Waals surface area contributed by atoms with Gasteiger partial charge in [-0.25, -0.2) is 4.99 Å². The van der Waals surface area contributed by atoms with Gasteiger partial charge in [0.25, 0.3) is 11.8 Å². The highest BCUT2D eigenvalue weighted by molar-refractivity contribution is 6.10. The van der Waals surface area contributed by atoms with Crippen LogP contribution >= 0.6 is 0 Å². The average Bonchev–Trinajstić information content (AvgIpc) is 3.17. The molecule has 1 aliphatic heterocycles. The molecule has 7 nitrogen and oxygen atoms in total. The third-order valence-electron chi connectivity index (χ3n) is 6.80. The molecule has 0 saturated carbocycles. The van der Waals surface area contributed by atoms with E-state index in [-0.39, 0.29) is 11.8 Å². The first-order chi connectivity index (χ1) is 18.9. The summed E-state index contributed by atoms with van der Waals surface area (Å²) in [6.45, 7) is 0.991. The molecule has 0 fully saturated rings. The number of nitrogens with one attached hydrogen (secondary N) is 1. The number of nitrogens with zero attached hydrogens (tertiary/aromatic N) is 3. The molecule has 2 amide bonds. The van der Waals surface area contributed by atoms with Crippen molar-refractivity contribution in [2.45, 2.75) is 13.0 Å². The molecule has 1 heterocycles. The molecular weight excluding hydrogens is 486 g/mol. The maximum absolute atomic E-state index is 13.6. The minimum Gasteiger partial charge on any atom is -0.366 e. The Kier molecular flexibility index (Phi) is 7.52. The molecule has 0 radical (unpaired) electrons. The van der Waals surface area contributed by atoms with Gasteiger partial charge < -0.3 is 20.9 Å². The van der Waals surface area contributed by atoms with Crippen LogP contribution in [0.4, 0.5) is 17.1 Å². The van der Waals surface area contributed by atoms with Gasteiger partial charge in [0.05, 0.1) is 11.4 Å². The number of aliphatic imine (C=N–C) groups is 1. The van der Waals surface area contributed by atoms with Crippen LogP contribution in [0, 0.1) is 0 Å². The van der Waals surface area contributed by atoms with Crippen molar-refractivity contribution < 1.29 is 9.59 Å². The second-order valence-corrected chi connectivity index (χ2v) is 9.60. The SMILES string of the molecule is CN(C)C1=Nc2ccccc2N(C(=O)c2ccc(NC(=O)c3ccccc3-c3ccc(CN)cc3)cc2)CC1. The Morgan fingerprint density at radius 3 is 2.31 bits per heavy atom. The third-order valence-corrected chi connectivity index (χ3v) is 6.80. The molecule has 4 aromatic rings. The van der Waals surface area contributed by atoms with E-state index in [1.54, 1.807) is 35.2 Å². The van der Waals surface area contributed by atoms with Crippen LogP contribution in [0.1, 0.15) is 32.7 Å². The summed E-state index contributed by atoms with van der Waals surface area (Å²) in [7, 11) is 3.92. The van der Waals surface area contributed by atoms with Crippen molar-refractivity contribution in [2.75, 3.05) is 30.9 Å². The normalized spacial score (nSPS) is 12.7. The van der Waals surface area contributed by atoms with E-state index < -0.39 is 0 Å². The Bertz CT molecular complexity index is 1530. The van der Waals surface area contributed by atoms with E-state index in [9.17, 15) is 9.59 Å². The zero-order valence-electron chi connectivity index (χ0n) is 22.1. The van der Waals surface area contributed by atoms with Gasteiger partial charge >= 0.3 is 0 Å². The van der Waals surface area contributed by atoms with Gasteiger partial charge in [-0.3, -0.25) is 9.59 Å². The van der Waals surface area contributed by atoms with E-state index in [1.165, 1.54) is 0 Å². The number of amides is 2. The summed E-state index contributed by atoms with van der Waals surface area (Å²) in [5.41, 5.74) is 11.8. The van der Waals surface area contributed by atoms with E-state index >= 15 is 0 Å². The Morgan fingerprint density at radius 1 is 0.897 bits per heavy atom. The maximum atomic E-state index is 13.6. The Labute approximate surface area is 228 Å². The predicted molar refractivity (Wildman–Crippen MR) is 158 cm³/mol. The first-order valence-electron chi connectivity index (χ1n) is 12.9. The second kappa shape index (κ2) is 11.3. The topological polar surface area (TPSA) is 91.0 Å². The van der Waals surface area contributed by atoms with Crippen LogP contribution in [-0.2, 0) is 6.54 Å². The average molecular weight is 518 g/mol. The fraction of sp³-hybridized carbons (Fsp3) is 0.156. The number of anilines is 2. The molecule has 0 aromatic heterocycles. The van der Waals surface area contributed by atoms with E-state index in [0.717, 1.165) is 33.9 Å². The van der Waals surface area contributed by atoms with Crippen LogP contribution in [-0.4, -0.2) is 43.2 Å². The van der Waals surface area contributed by atoms with E-state index in [4.69, 9.17) is 10.7 Å². The third kappa shape index (κ3) is 5.58. The molecule has 3 N–H and O–H groups in total. The van der Waals surface area contributed by atoms with Crippen LogP contribution in [0.5, 0.6) is 0 Å². The summed E-state index contributed by atoms with van der Waals surface area (Å²) in [6, 6.07) is 30.1. The molecule has 4 aromatic carbocycles. The van der Waals surface area contributed by atoms with E-state index in [1.807, 2.05) is 85.7 Å². The molecule has 1 aliphatic rings. The Hall–Kier alpha value is -4.75. The first kappa shape index (κ1) is 25.9. The summed E-state index contributed by atoms with van der Waals surface area (Å²) in [5.74, 6) is 0.593. The van der Waals surface area contributed by atoms with Crippen LogP contribution < -0.4 is 16.0 Å². The van der Waals surface area contributed by atoms with Crippen LogP contribution in [0.3, 0.4) is 0 Å². The lowest BCUT2D eigenvalue weighted by Gasteiger charge is -2.23. The molecule has 7 heteroatoms. The number of rotatable bonds is 5. The fourth-order valence-electron chi connectivity index (χ4n) is 4.65. The zero-order chi connectivity index (χ0) is 27.4. The molecule has 5 rings (SSSR count). The molecule has 0 bridgehead atoms. The lowest BCUT2D eigenvalue weighted by atomic mass is 9.98. The Balaban J connectivity index is 1.33. The molecule has 39 heavy (non-hydrogen) atoms. The molecule has 0 spiro atoms. The number of fused-ring (bicyclic) bond motifs is 1. The maximum Gasteiger partial charge on any atom is 0.258 e. The number of carbonyl (C=O) groups excluding carboxylic acids is 2. The molecular formula is C32H31N5O2. The fourth-order valence-corrected chi connectivity index (χ4v) is 4.65. The first-order valence-corrected chi connectivity index (χ1v) is 12.9. The minimum absolute atomic E-state index is 0.109. The van der Waals surface area contributed by atoms with Crippen LogP contribution in [0.2, 0.25) is 0 Å². The highest BCUT2D eigenvalue weighted by Crippen LogP contribution is 2.33. The van der Waals surface area contributed by atoms with Gasteiger partial charge in [-0.1, -0.05) is 54.6 Å². The summed E-state index contributed by atoms with van der Waals surface area (Å²) in [6.07, 6.45) is 0.649. The monoisotopic (exact) mass is 517 g/mol. The summed E-state index contributed by atoms with van der Waals surface area (Å²) < 4.78 is 0. The van der Waals surface area contributed by atoms with Gasteiger partial charge in [0.15, 0.2) is 0 Å². The highest BCUT2D eigenvalue weighted by atomic mass is 16.2. The molecule has 0 unspecified atom stereocenters. The van der Waals surface area contributed by atoms with Crippen LogP contribution in [0.15, 0.2) is 102 Å². The molecule has 0 aliphatic carbocycles. The van der Waals surface area contributed by atoms with Crippen molar-refractivity contribution in [3.8, 4) is 11.1 Å². The zero-order valence-corrected chi connectivity index (χ0v) is 22.1. The number of carbonyl (C=O) groups is 2. The van der Waals surface area contributed by atoms with Crippen molar-refractivity contribution in [1.29, 1.82) is 0 Å². The second-order valence-electron chi connectivity index (χ2n) is 9.60. The van der Waals surface area contributed by atoms with Crippen molar-refractivity contribution in [3.05, 3.63) is 114 Å². The number of para-hydroxylation sites is 2. The van der Waals surface area contributed by atoms with Crippen molar-refractivity contribution in [1.82, 2.24) is 4.90 Å². The number of benzene rings is 4.